The molecule has 0 unspecified atom stereocenters. The monoisotopic (exact) mass is 266 g/mol. The van der Waals surface area contributed by atoms with Crippen LogP contribution in [0.25, 0.3) is 5.52 Å². The summed E-state index contributed by atoms with van der Waals surface area (Å²) in [6.07, 6.45) is 4.97. The summed E-state index contributed by atoms with van der Waals surface area (Å²) < 4.78 is 3.24. The minimum absolute atomic E-state index is 0.272. The van der Waals surface area contributed by atoms with E-state index in [2.05, 4.69) is 58.3 Å². The summed E-state index contributed by atoms with van der Waals surface area (Å²) in [5.41, 5.74) is 1.41. The maximum Gasteiger partial charge on any atom is 0.113 e. The molecule has 0 aliphatic carbocycles. The zero-order valence-electron chi connectivity index (χ0n) is 9.29. The molecule has 0 aliphatic rings. The van der Waals surface area contributed by atoms with Crippen molar-refractivity contribution in [1.82, 2.24) is 9.38 Å². The van der Waals surface area contributed by atoms with Crippen molar-refractivity contribution in [3.63, 3.8) is 0 Å². The SMILES string of the molecule is CC(C)(C)Cc1ncc2cc(Br)ccn12. The average molecular weight is 267 g/mol. The van der Waals surface area contributed by atoms with Gasteiger partial charge in [-0.15, -0.1) is 0 Å². The number of aromatic nitrogens is 2. The van der Waals surface area contributed by atoms with E-state index in [-0.39, 0.29) is 5.41 Å². The lowest BCUT2D eigenvalue weighted by atomic mass is 9.92. The van der Waals surface area contributed by atoms with Crippen LogP contribution >= 0.6 is 15.9 Å². The molecule has 0 atom stereocenters. The highest BCUT2D eigenvalue weighted by atomic mass is 79.9. The molecule has 0 saturated carbocycles. The van der Waals surface area contributed by atoms with E-state index in [1.807, 2.05) is 12.3 Å². The Hall–Kier alpha value is -0.830. The summed E-state index contributed by atoms with van der Waals surface area (Å²) in [4.78, 5) is 4.46. The zero-order chi connectivity index (χ0) is 11.1. The van der Waals surface area contributed by atoms with Gasteiger partial charge in [-0.1, -0.05) is 36.7 Å². The topological polar surface area (TPSA) is 17.3 Å². The van der Waals surface area contributed by atoms with Crippen molar-refractivity contribution in [2.24, 2.45) is 5.41 Å². The Bertz CT molecular complexity index is 480. The molecule has 2 aromatic heterocycles. The lowest BCUT2D eigenvalue weighted by molar-refractivity contribution is 0.400. The van der Waals surface area contributed by atoms with Crippen molar-refractivity contribution in [3.05, 3.63) is 34.8 Å². The van der Waals surface area contributed by atoms with E-state index in [1.165, 1.54) is 0 Å². The second kappa shape index (κ2) is 3.63. The smallest absolute Gasteiger partial charge is 0.113 e. The fourth-order valence-electron chi connectivity index (χ4n) is 1.63. The molecule has 0 spiro atoms. The van der Waals surface area contributed by atoms with Crippen molar-refractivity contribution < 1.29 is 0 Å². The van der Waals surface area contributed by atoms with Crippen LogP contribution in [0, 0.1) is 5.41 Å². The van der Waals surface area contributed by atoms with Gasteiger partial charge in [0.15, 0.2) is 0 Å². The number of pyridine rings is 1. The van der Waals surface area contributed by atoms with Crippen LogP contribution < -0.4 is 0 Å². The van der Waals surface area contributed by atoms with E-state index >= 15 is 0 Å². The summed E-state index contributed by atoms with van der Waals surface area (Å²) in [7, 11) is 0. The number of hydrogen-bond acceptors (Lipinski definition) is 1. The highest BCUT2D eigenvalue weighted by Crippen LogP contribution is 2.21. The normalized spacial score (nSPS) is 12.3. The predicted octanol–water partition coefficient (Wildman–Crippen LogP) is 3.69. The first-order valence-electron chi connectivity index (χ1n) is 5.07. The zero-order valence-corrected chi connectivity index (χ0v) is 10.9. The first-order chi connectivity index (χ1) is 6.96. The number of rotatable bonds is 1. The molecule has 80 valence electrons. The predicted molar refractivity (Wildman–Crippen MR) is 66.1 cm³/mol. The van der Waals surface area contributed by atoms with Crippen molar-refractivity contribution in [2.45, 2.75) is 27.2 Å². The fraction of sp³-hybridized carbons (Fsp3) is 0.417. The maximum absolute atomic E-state index is 4.46. The molecule has 0 amide bonds. The summed E-state index contributed by atoms with van der Waals surface area (Å²) in [6, 6.07) is 4.12. The summed E-state index contributed by atoms with van der Waals surface area (Å²) in [5, 5.41) is 0. The molecule has 3 heteroatoms. The molecule has 0 radical (unpaired) electrons. The Labute approximate surface area is 98.5 Å². The highest BCUT2D eigenvalue weighted by Gasteiger charge is 2.14. The summed E-state index contributed by atoms with van der Waals surface area (Å²) in [5.74, 6) is 1.13. The minimum Gasteiger partial charge on any atom is -0.304 e. The lowest BCUT2D eigenvalue weighted by Crippen LogP contribution is -2.11. The van der Waals surface area contributed by atoms with E-state index in [1.54, 1.807) is 0 Å². The molecular formula is C12H15BrN2. The van der Waals surface area contributed by atoms with Crippen LogP contribution in [0.15, 0.2) is 29.0 Å². The van der Waals surface area contributed by atoms with E-state index in [0.29, 0.717) is 0 Å². The van der Waals surface area contributed by atoms with Gasteiger partial charge in [-0.3, -0.25) is 0 Å². The minimum atomic E-state index is 0.272. The van der Waals surface area contributed by atoms with Gasteiger partial charge in [0.05, 0.1) is 11.7 Å². The van der Waals surface area contributed by atoms with Gasteiger partial charge >= 0.3 is 0 Å². The van der Waals surface area contributed by atoms with Crippen LogP contribution in [0.5, 0.6) is 0 Å². The van der Waals surface area contributed by atoms with Crippen molar-refractivity contribution in [2.75, 3.05) is 0 Å². The molecule has 0 bridgehead atoms. The Morgan fingerprint density at radius 1 is 1.40 bits per heavy atom. The van der Waals surface area contributed by atoms with E-state index < -0.39 is 0 Å². The van der Waals surface area contributed by atoms with Gasteiger partial charge in [-0.05, 0) is 17.5 Å². The third-order valence-corrected chi connectivity index (χ3v) is 2.75. The molecular weight excluding hydrogens is 252 g/mol. The van der Waals surface area contributed by atoms with Crippen LogP contribution in [0.1, 0.15) is 26.6 Å². The number of nitrogens with zero attached hydrogens (tertiary/aromatic N) is 2. The number of fused-ring (bicyclic) bond motifs is 1. The van der Waals surface area contributed by atoms with Crippen LogP contribution in [-0.2, 0) is 6.42 Å². The molecule has 0 N–H and O–H groups in total. The molecule has 2 rings (SSSR count). The van der Waals surface area contributed by atoms with Gasteiger partial charge in [0.25, 0.3) is 0 Å². The molecule has 2 aromatic rings. The Kier molecular flexibility index (Phi) is 2.59. The van der Waals surface area contributed by atoms with Gasteiger partial charge in [-0.2, -0.15) is 0 Å². The van der Waals surface area contributed by atoms with Crippen molar-refractivity contribution >= 4 is 21.4 Å². The first kappa shape index (κ1) is 10.7. The molecule has 2 nitrogen and oxygen atoms in total. The van der Waals surface area contributed by atoms with E-state index in [0.717, 1.165) is 22.2 Å². The number of halogens is 1. The molecule has 0 saturated heterocycles. The molecule has 15 heavy (non-hydrogen) atoms. The van der Waals surface area contributed by atoms with Gasteiger partial charge in [0, 0.05) is 17.1 Å². The van der Waals surface area contributed by atoms with Crippen LogP contribution in [0.4, 0.5) is 0 Å². The molecule has 2 heterocycles. The number of hydrogen-bond donors (Lipinski definition) is 0. The second-order valence-corrected chi connectivity index (χ2v) is 5.97. The Morgan fingerprint density at radius 2 is 2.13 bits per heavy atom. The van der Waals surface area contributed by atoms with Gasteiger partial charge in [0.2, 0.25) is 0 Å². The number of imidazole rings is 1. The van der Waals surface area contributed by atoms with Gasteiger partial charge in [-0.25, -0.2) is 4.98 Å². The lowest BCUT2D eigenvalue weighted by Gasteiger charge is -2.16. The van der Waals surface area contributed by atoms with Crippen LogP contribution in [0.3, 0.4) is 0 Å². The van der Waals surface area contributed by atoms with Gasteiger partial charge < -0.3 is 4.40 Å². The summed E-state index contributed by atoms with van der Waals surface area (Å²) in [6.45, 7) is 6.69. The van der Waals surface area contributed by atoms with E-state index in [9.17, 15) is 0 Å². The Balaban J connectivity index is 2.45. The summed E-state index contributed by atoms with van der Waals surface area (Å²) >= 11 is 3.46. The quantitative estimate of drug-likeness (QED) is 0.770. The third-order valence-electron chi connectivity index (χ3n) is 2.26. The highest BCUT2D eigenvalue weighted by molar-refractivity contribution is 9.10. The first-order valence-corrected chi connectivity index (χ1v) is 5.86. The average Bonchev–Trinajstić information content (AvgIpc) is 2.45. The molecule has 0 aliphatic heterocycles. The van der Waals surface area contributed by atoms with Crippen molar-refractivity contribution in [1.29, 1.82) is 0 Å². The largest absolute Gasteiger partial charge is 0.304 e. The molecule has 0 fully saturated rings. The van der Waals surface area contributed by atoms with E-state index in [4.69, 9.17) is 0 Å². The maximum atomic E-state index is 4.46. The van der Waals surface area contributed by atoms with Crippen LogP contribution in [0.2, 0.25) is 0 Å². The molecule has 0 aromatic carbocycles. The van der Waals surface area contributed by atoms with Crippen LogP contribution in [-0.4, -0.2) is 9.38 Å². The standard InChI is InChI=1S/C12H15BrN2/c1-12(2,3)7-11-14-8-10-6-9(13)4-5-15(10)11/h4-6,8H,7H2,1-3H3. The third kappa shape index (κ3) is 2.40. The Morgan fingerprint density at radius 3 is 2.80 bits per heavy atom. The van der Waals surface area contributed by atoms with Gasteiger partial charge in [0.1, 0.15) is 5.82 Å². The second-order valence-electron chi connectivity index (χ2n) is 5.05. The van der Waals surface area contributed by atoms with Crippen molar-refractivity contribution in [3.8, 4) is 0 Å². The fourth-order valence-corrected chi connectivity index (χ4v) is 1.99.